The summed E-state index contributed by atoms with van der Waals surface area (Å²) in [6.07, 6.45) is 0. The van der Waals surface area contributed by atoms with E-state index in [-0.39, 0.29) is 5.63 Å². The summed E-state index contributed by atoms with van der Waals surface area (Å²) in [6, 6.07) is 25.8. The Kier molecular flexibility index (Phi) is 3.82. The zero-order valence-corrected chi connectivity index (χ0v) is 13.8. The van der Waals surface area contributed by atoms with Crippen molar-refractivity contribution in [3.63, 3.8) is 0 Å². The van der Waals surface area contributed by atoms with Crippen molar-refractivity contribution in [2.45, 2.75) is 6.92 Å². The van der Waals surface area contributed by atoms with Gasteiger partial charge in [0.15, 0.2) is 0 Å². The smallest absolute Gasteiger partial charge is 0.336 e. The van der Waals surface area contributed by atoms with Crippen molar-refractivity contribution in [2.24, 2.45) is 0 Å². The number of anilines is 2. The van der Waals surface area contributed by atoms with E-state index >= 15 is 0 Å². The summed E-state index contributed by atoms with van der Waals surface area (Å²) >= 11 is 0. The molecule has 3 aromatic carbocycles. The first kappa shape index (κ1) is 15.2. The molecule has 0 spiro atoms. The van der Waals surface area contributed by atoms with E-state index in [0.717, 1.165) is 22.3 Å². The topological polar surface area (TPSA) is 42.2 Å². The second-order valence-electron chi connectivity index (χ2n) is 6.03. The van der Waals surface area contributed by atoms with Gasteiger partial charge in [0, 0.05) is 28.9 Å². The van der Waals surface area contributed by atoms with Gasteiger partial charge in [-0.2, -0.15) is 0 Å². The van der Waals surface area contributed by atoms with E-state index in [1.165, 1.54) is 17.2 Å². The highest BCUT2D eigenvalue weighted by atomic mass is 16.4. The van der Waals surface area contributed by atoms with Gasteiger partial charge < -0.3 is 9.73 Å². The Hall–Kier alpha value is -3.33. The van der Waals surface area contributed by atoms with E-state index in [2.05, 4.69) is 29.6 Å². The van der Waals surface area contributed by atoms with Crippen molar-refractivity contribution < 1.29 is 4.42 Å². The summed E-state index contributed by atoms with van der Waals surface area (Å²) < 4.78 is 5.30. The standard InChI is InChI=1S/C22H17NO2/c1-15-13-22(24)25-21-14-19(11-12-20(15)21)23-18-9-7-17(8-10-18)16-5-3-2-4-6-16/h2-14,23H,1H3. The summed E-state index contributed by atoms with van der Waals surface area (Å²) in [7, 11) is 0. The molecule has 1 aromatic heterocycles. The van der Waals surface area contributed by atoms with Gasteiger partial charge in [-0.3, -0.25) is 0 Å². The first-order chi connectivity index (χ1) is 12.2. The normalized spacial score (nSPS) is 10.8. The van der Waals surface area contributed by atoms with Crippen LogP contribution in [0.2, 0.25) is 0 Å². The SMILES string of the molecule is Cc1cc(=O)oc2cc(Nc3ccc(-c4ccccc4)cc3)ccc12. The molecule has 1 N–H and O–H groups in total. The summed E-state index contributed by atoms with van der Waals surface area (Å²) in [5.41, 5.74) is 5.42. The van der Waals surface area contributed by atoms with E-state index in [4.69, 9.17) is 4.42 Å². The molecule has 0 amide bonds. The van der Waals surface area contributed by atoms with Crippen LogP contribution < -0.4 is 10.9 Å². The summed E-state index contributed by atoms with van der Waals surface area (Å²) in [5.74, 6) is 0. The molecule has 0 radical (unpaired) electrons. The van der Waals surface area contributed by atoms with Gasteiger partial charge in [0.25, 0.3) is 0 Å². The fourth-order valence-electron chi connectivity index (χ4n) is 2.95. The van der Waals surface area contributed by atoms with Crippen LogP contribution in [-0.2, 0) is 0 Å². The van der Waals surface area contributed by atoms with Crippen molar-refractivity contribution in [1.29, 1.82) is 0 Å². The first-order valence-corrected chi connectivity index (χ1v) is 8.16. The van der Waals surface area contributed by atoms with Gasteiger partial charge in [-0.05, 0) is 47.9 Å². The van der Waals surface area contributed by atoms with E-state index in [0.29, 0.717) is 5.58 Å². The third-order valence-electron chi connectivity index (χ3n) is 4.23. The molecular formula is C22H17NO2. The van der Waals surface area contributed by atoms with Crippen molar-refractivity contribution >= 4 is 22.3 Å². The molecule has 4 rings (SSSR count). The summed E-state index contributed by atoms with van der Waals surface area (Å²) in [6.45, 7) is 1.91. The van der Waals surface area contributed by atoms with Crippen LogP contribution in [0.25, 0.3) is 22.1 Å². The molecule has 3 nitrogen and oxygen atoms in total. The van der Waals surface area contributed by atoms with Crippen LogP contribution in [0.4, 0.5) is 11.4 Å². The van der Waals surface area contributed by atoms with Gasteiger partial charge >= 0.3 is 5.63 Å². The maximum absolute atomic E-state index is 11.6. The van der Waals surface area contributed by atoms with Gasteiger partial charge in [-0.25, -0.2) is 4.79 Å². The monoisotopic (exact) mass is 327 g/mol. The quantitative estimate of drug-likeness (QED) is 0.504. The Labute approximate surface area is 145 Å². The molecule has 0 aliphatic heterocycles. The Morgan fingerprint density at radius 1 is 0.760 bits per heavy atom. The summed E-state index contributed by atoms with van der Waals surface area (Å²) in [4.78, 5) is 11.6. The Bertz CT molecular complexity index is 1080. The molecule has 0 atom stereocenters. The minimum absolute atomic E-state index is 0.325. The second kappa shape index (κ2) is 6.29. The predicted molar refractivity (Wildman–Crippen MR) is 102 cm³/mol. The van der Waals surface area contributed by atoms with Crippen LogP contribution >= 0.6 is 0 Å². The Morgan fingerprint density at radius 3 is 2.20 bits per heavy atom. The van der Waals surface area contributed by atoms with Crippen LogP contribution in [0.3, 0.4) is 0 Å². The average molecular weight is 327 g/mol. The van der Waals surface area contributed by atoms with Gasteiger partial charge in [0.2, 0.25) is 0 Å². The lowest BCUT2D eigenvalue weighted by molar-refractivity contribution is 0.560. The van der Waals surface area contributed by atoms with Crippen molar-refractivity contribution in [3.8, 4) is 11.1 Å². The number of rotatable bonds is 3. The lowest BCUT2D eigenvalue weighted by Crippen LogP contribution is -1.98. The molecule has 0 aliphatic rings. The number of nitrogens with one attached hydrogen (secondary N) is 1. The third-order valence-corrected chi connectivity index (χ3v) is 4.23. The van der Waals surface area contributed by atoms with E-state index in [1.54, 1.807) is 0 Å². The largest absolute Gasteiger partial charge is 0.423 e. The Balaban J connectivity index is 1.62. The van der Waals surface area contributed by atoms with E-state index in [9.17, 15) is 4.79 Å². The molecule has 0 fully saturated rings. The van der Waals surface area contributed by atoms with Crippen LogP contribution in [0, 0.1) is 6.92 Å². The fraction of sp³-hybridized carbons (Fsp3) is 0.0455. The molecule has 0 aliphatic carbocycles. The highest BCUT2D eigenvalue weighted by Crippen LogP contribution is 2.25. The fourth-order valence-corrected chi connectivity index (χ4v) is 2.95. The van der Waals surface area contributed by atoms with Gasteiger partial charge in [0.05, 0.1) is 0 Å². The minimum Gasteiger partial charge on any atom is -0.423 e. The molecule has 0 bridgehead atoms. The molecule has 1 heterocycles. The molecule has 0 unspecified atom stereocenters. The number of aryl methyl sites for hydroxylation is 1. The van der Waals surface area contributed by atoms with Crippen LogP contribution in [0.5, 0.6) is 0 Å². The zero-order valence-electron chi connectivity index (χ0n) is 13.8. The van der Waals surface area contributed by atoms with Crippen molar-refractivity contribution in [2.75, 3.05) is 5.32 Å². The molecule has 4 aromatic rings. The van der Waals surface area contributed by atoms with Crippen LogP contribution in [0.1, 0.15) is 5.56 Å². The van der Waals surface area contributed by atoms with Crippen LogP contribution in [-0.4, -0.2) is 0 Å². The minimum atomic E-state index is -0.325. The maximum atomic E-state index is 11.6. The molecule has 25 heavy (non-hydrogen) atoms. The lowest BCUT2D eigenvalue weighted by atomic mass is 10.1. The highest BCUT2D eigenvalue weighted by Gasteiger charge is 2.04. The molecular weight excluding hydrogens is 310 g/mol. The number of hydrogen-bond acceptors (Lipinski definition) is 3. The number of benzene rings is 3. The molecule has 3 heteroatoms. The average Bonchev–Trinajstić information content (AvgIpc) is 2.63. The molecule has 0 saturated heterocycles. The van der Waals surface area contributed by atoms with Gasteiger partial charge in [-0.1, -0.05) is 42.5 Å². The Morgan fingerprint density at radius 2 is 1.44 bits per heavy atom. The van der Waals surface area contributed by atoms with Crippen LogP contribution in [0.15, 0.2) is 88.1 Å². The first-order valence-electron chi connectivity index (χ1n) is 8.16. The number of hydrogen-bond donors (Lipinski definition) is 1. The van der Waals surface area contributed by atoms with Crippen molar-refractivity contribution in [1.82, 2.24) is 0 Å². The maximum Gasteiger partial charge on any atom is 0.336 e. The predicted octanol–water partition coefficient (Wildman–Crippen LogP) is 5.51. The third kappa shape index (κ3) is 3.17. The molecule has 0 saturated carbocycles. The van der Waals surface area contributed by atoms with Crippen molar-refractivity contribution in [3.05, 3.63) is 94.8 Å². The van der Waals surface area contributed by atoms with E-state index in [1.807, 2.05) is 55.5 Å². The lowest BCUT2D eigenvalue weighted by Gasteiger charge is -2.09. The summed E-state index contributed by atoms with van der Waals surface area (Å²) in [5, 5.41) is 4.30. The number of fused-ring (bicyclic) bond motifs is 1. The van der Waals surface area contributed by atoms with Gasteiger partial charge in [0.1, 0.15) is 5.58 Å². The highest BCUT2D eigenvalue weighted by molar-refractivity contribution is 5.84. The molecule has 122 valence electrons. The van der Waals surface area contributed by atoms with Gasteiger partial charge in [-0.15, -0.1) is 0 Å². The van der Waals surface area contributed by atoms with E-state index < -0.39 is 0 Å². The second-order valence-corrected chi connectivity index (χ2v) is 6.03. The zero-order chi connectivity index (χ0) is 17.2.